The van der Waals surface area contributed by atoms with Crippen molar-refractivity contribution >= 4 is 39.3 Å². The van der Waals surface area contributed by atoms with Gasteiger partial charge in [-0.25, -0.2) is 9.37 Å². The van der Waals surface area contributed by atoms with Gasteiger partial charge < -0.3 is 14.4 Å². The molecule has 2 atom stereocenters. The van der Waals surface area contributed by atoms with E-state index < -0.39 is 17.3 Å². The number of fused-ring (bicyclic) bond motifs is 3. The molecular weight excluding hydrogens is 454 g/mol. The van der Waals surface area contributed by atoms with Crippen molar-refractivity contribution in [3.8, 4) is 0 Å². The molecule has 3 heterocycles. The number of aromatic nitrogens is 3. The third-order valence-corrected chi connectivity index (χ3v) is 6.50. The molecule has 1 saturated carbocycles. The molecule has 33 heavy (non-hydrogen) atoms. The van der Waals surface area contributed by atoms with Crippen molar-refractivity contribution in [1.29, 1.82) is 0 Å². The Kier molecular flexibility index (Phi) is 5.36. The number of hydrogen-bond donors (Lipinski definition) is 1. The van der Waals surface area contributed by atoms with Crippen LogP contribution < -0.4 is 10.9 Å². The molecule has 10 heteroatoms. The predicted octanol–water partition coefficient (Wildman–Crippen LogP) is 4.69. The number of nitrogens with zero attached hydrogens (tertiary/aromatic N) is 3. The zero-order valence-electron chi connectivity index (χ0n) is 17.6. The summed E-state index contributed by atoms with van der Waals surface area (Å²) in [6.45, 7) is 1.63. The van der Waals surface area contributed by atoms with E-state index in [4.69, 9.17) is 16.1 Å². The fourth-order valence-corrected chi connectivity index (χ4v) is 4.92. The van der Waals surface area contributed by atoms with Gasteiger partial charge in [0.15, 0.2) is 0 Å². The molecule has 1 aromatic carbocycles. The van der Waals surface area contributed by atoms with Crippen LogP contribution in [0.15, 0.2) is 39.8 Å². The Balaban J connectivity index is 1.56. The molecule has 5 rings (SSSR count). The van der Waals surface area contributed by atoms with Crippen LogP contribution in [0.25, 0.3) is 21.8 Å². The number of carbonyl (C=O) groups excluding carboxylic acids is 1. The monoisotopic (exact) mass is 472 g/mol. The van der Waals surface area contributed by atoms with Crippen LogP contribution in [0.3, 0.4) is 0 Å². The van der Waals surface area contributed by atoms with Gasteiger partial charge >= 0.3 is 0 Å². The first-order valence-electron chi connectivity index (χ1n) is 10.6. The van der Waals surface area contributed by atoms with Gasteiger partial charge in [-0.1, -0.05) is 16.8 Å². The minimum Gasteiger partial charge on any atom is -0.360 e. The molecule has 1 aliphatic rings. The normalized spacial score (nSPS) is 18.7. The molecule has 1 fully saturated rings. The van der Waals surface area contributed by atoms with Crippen molar-refractivity contribution in [3.05, 3.63) is 68.9 Å². The lowest BCUT2D eigenvalue weighted by atomic mass is 9.90. The van der Waals surface area contributed by atoms with E-state index in [9.17, 15) is 14.0 Å². The molecule has 0 aliphatic heterocycles. The largest absolute Gasteiger partial charge is 0.360 e. The first-order valence-corrected chi connectivity index (χ1v) is 10.9. The molecule has 0 radical (unpaired) electrons. The molecule has 1 N–H and O–H groups in total. The Labute approximate surface area is 191 Å². The molecule has 4 aromatic rings. The average Bonchev–Trinajstić information content (AvgIpc) is 3.19. The molecule has 7 nitrogen and oxygen atoms in total. The summed E-state index contributed by atoms with van der Waals surface area (Å²) in [6, 6.07) is 4.49. The number of benzene rings is 1. The summed E-state index contributed by atoms with van der Waals surface area (Å²) >= 11 is 6.40. The summed E-state index contributed by atoms with van der Waals surface area (Å²) in [5.74, 6) is -1.31. The van der Waals surface area contributed by atoms with Crippen LogP contribution in [0.4, 0.5) is 8.78 Å². The van der Waals surface area contributed by atoms with Gasteiger partial charge in [-0.15, -0.1) is 0 Å². The summed E-state index contributed by atoms with van der Waals surface area (Å²) in [4.78, 5) is 29.6. The van der Waals surface area contributed by atoms with Crippen molar-refractivity contribution in [2.75, 3.05) is 0 Å². The van der Waals surface area contributed by atoms with Gasteiger partial charge in [0.25, 0.3) is 11.5 Å². The Morgan fingerprint density at radius 2 is 2.03 bits per heavy atom. The highest BCUT2D eigenvalue weighted by molar-refractivity contribution is 6.37. The highest BCUT2D eigenvalue weighted by Gasteiger charge is 2.30. The van der Waals surface area contributed by atoms with Gasteiger partial charge in [0, 0.05) is 18.3 Å². The highest BCUT2D eigenvalue weighted by Crippen LogP contribution is 2.36. The van der Waals surface area contributed by atoms with Gasteiger partial charge in [0.2, 0.25) is 5.95 Å². The van der Waals surface area contributed by atoms with Crippen LogP contribution in [0.2, 0.25) is 5.02 Å². The SMILES string of the molecule is Cc1onc2c1c(=O)n(C1CCCC(NC(=O)c3ccc(F)nc3)C1)c1c(F)ccc(Cl)c21. The lowest BCUT2D eigenvalue weighted by molar-refractivity contribution is 0.0920. The third kappa shape index (κ3) is 3.66. The smallest absolute Gasteiger partial charge is 0.264 e. The molecule has 0 spiro atoms. The maximum Gasteiger partial charge on any atom is 0.264 e. The second-order valence-electron chi connectivity index (χ2n) is 8.25. The second-order valence-corrected chi connectivity index (χ2v) is 8.66. The minimum absolute atomic E-state index is 0.0769. The van der Waals surface area contributed by atoms with Crippen molar-refractivity contribution in [2.45, 2.75) is 44.7 Å². The minimum atomic E-state index is -0.671. The van der Waals surface area contributed by atoms with E-state index >= 15 is 4.39 Å². The first kappa shape index (κ1) is 21.5. The highest BCUT2D eigenvalue weighted by atomic mass is 35.5. The Morgan fingerprint density at radius 1 is 1.21 bits per heavy atom. The van der Waals surface area contributed by atoms with Crippen molar-refractivity contribution in [3.63, 3.8) is 0 Å². The molecule has 3 aromatic heterocycles. The van der Waals surface area contributed by atoms with E-state index in [0.717, 1.165) is 6.07 Å². The van der Waals surface area contributed by atoms with E-state index in [1.54, 1.807) is 6.92 Å². The zero-order valence-corrected chi connectivity index (χ0v) is 18.3. The number of hydrogen-bond acceptors (Lipinski definition) is 5. The lowest BCUT2D eigenvalue weighted by Gasteiger charge is -2.32. The van der Waals surface area contributed by atoms with E-state index in [0.29, 0.717) is 36.8 Å². The van der Waals surface area contributed by atoms with Crippen LogP contribution in [-0.4, -0.2) is 26.7 Å². The summed E-state index contributed by atoms with van der Waals surface area (Å²) in [7, 11) is 0. The van der Waals surface area contributed by atoms with Crippen LogP contribution in [0, 0.1) is 18.7 Å². The molecular formula is C23H19ClF2N4O3. The van der Waals surface area contributed by atoms with Gasteiger partial charge in [0.1, 0.15) is 22.5 Å². The van der Waals surface area contributed by atoms with Gasteiger partial charge in [-0.05, 0) is 56.9 Å². The molecule has 0 saturated heterocycles. The summed E-state index contributed by atoms with van der Waals surface area (Å²) in [5.41, 5.74) is 0.142. The topological polar surface area (TPSA) is 90.0 Å². The lowest BCUT2D eigenvalue weighted by Crippen LogP contribution is -2.40. The number of aryl methyl sites for hydroxylation is 1. The van der Waals surface area contributed by atoms with E-state index in [2.05, 4.69) is 15.5 Å². The maximum atomic E-state index is 15.1. The van der Waals surface area contributed by atoms with E-state index in [1.807, 2.05) is 0 Å². The Hall–Kier alpha value is -3.33. The van der Waals surface area contributed by atoms with Crippen molar-refractivity contribution in [2.24, 2.45) is 0 Å². The Morgan fingerprint density at radius 3 is 2.79 bits per heavy atom. The van der Waals surface area contributed by atoms with E-state index in [1.165, 1.54) is 29.0 Å². The number of rotatable bonds is 3. The fourth-order valence-electron chi connectivity index (χ4n) is 4.68. The first-order chi connectivity index (χ1) is 15.8. The van der Waals surface area contributed by atoms with Crippen LogP contribution in [0.5, 0.6) is 0 Å². The summed E-state index contributed by atoms with van der Waals surface area (Å²) < 4.78 is 34.8. The van der Waals surface area contributed by atoms with Crippen LogP contribution in [-0.2, 0) is 0 Å². The van der Waals surface area contributed by atoms with E-state index in [-0.39, 0.29) is 45.0 Å². The molecule has 2 unspecified atom stereocenters. The quantitative estimate of drug-likeness (QED) is 0.437. The number of nitrogens with one attached hydrogen (secondary N) is 1. The van der Waals surface area contributed by atoms with Crippen molar-refractivity contribution < 1.29 is 18.1 Å². The predicted molar refractivity (Wildman–Crippen MR) is 118 cm³/mol. The number of halogens is 3. The molecule has 0 bridgehead atoms. The summed E-state index contributed by atoms with van der Waals surface area (Å²) in [6.07, 6.45) is 3.62. The van der Waals surface area contributed by atoms with Gasteiger partial charge in [-0.3, -0.25) is 9.59 Å². The number of amides is 1. The Bertz CT molecular complexity index is 1450. The maximum absolute atomic E-state index is 15.1. The number of carbonyl (C=O) groups is 1. The zero-order chi connectivity index (χ0) is 23.3. The average molecular weight is 473 g/mol. The molecule has 170 valence electrons. The van der Waals surface area contributed by atoms with Gasteiger partial charge in [-0.2, -0.15) is 4.39 Å². The second kappa shape index (κ2) is 8.22. The standard InChI is InChI=1S/C23H19ClF2N4O3/c1-11-18-20(29-33-11)19-15(24)6-7-16(25)21(19)30(23(18)32)14-4-2-3-13(9-14)28-22(31)12-5-8-17(26)27-10-12/h5-8,10,13-14H,2-4,9H2,1H3,(H,28,31). The van der Waals surface area contributed by atoms with Crippen molar-refractivity contribution in [1.82, 2.24) is 20.0 Å². The van der Waals surface area contributed by atoms with Crippen LogP contribution >= 0.6 is 11.6 Å². The fraction of sp³-hybridized carbons (Fsp3) is 0.304. The van der Waals surface area contributed by atoms with Crippen LogP contribution in [0.1, 0.15) is 47.8 Å². The molecule has 1 amide bonds. The number of pyridine rings is 2. The molecule has 1 aliphatic carbocycles. The summed E-state index contributed by atoms with van der Waals surface area (Å²) in [5, 5.41) is 7.74. The van der Waals surface area contributed by atoms with Gasteiger partial charge in [0.05, 0.1) is 21.5 Å². The third-order valence-electron chi connectivity index (χ3n) is 6.19.